The predicted octanol–water partition coefficient (Wildman–Crippen LogP) is 1.54. The number of carbonyl (C=O) groups excluding carboxylic acids is 1. The fourth-order valence-corrected chi connectivity index (χ4v) is 3.67. The molecule has 1 saturated heterocycles. The number of hydrogen-bond acceptors (Lipinski definition) is 6. The Balaban J connectivity index is 1.57. The van der Waals surface area contributed by atoms with Crippen molar-refractivity contribution in [3.8, 4) is 0 Å². The van der Waals surface area contributed by atoms with Crippen LogP contribution in [0, 0.1) is 6.92 Å². The Labute approximate surface area is 145 Å². The van der Waals surface area contributed by atoms with Crippen LogP contribution in [0.15, 0.2) is 29.9 Å². The number of β-amino-alcohol motifs (C(OH)–C–C–N with tert-alkyl or cyclic N) is 1. The first-order chi connectivity index (χ1) is 11.5. The van der Waals surface area contributed by atoms with Gasteiger partial charge in [-0.3, -0.25) is 4.79 Å². The van der Waals surface area contributed by atoms with Gasteiger partial charge < -0.3 is 15.3 Å². The summed E-state index contributed by atoms with van der Waals surface area (Å²) in [5, 5.41) is 15.7. The van der Waals surface area contributed by atoms with Crippen LogP contribution in [0.3, 0.4) is 0 Å². The number of nitrogens with one attached hydrogen (secondary N) is 1. The van der Waals surface area contributed by atoms with E-state index in [4.69, 9.17) is 0 Å². The number of anilines is 1. The van der Waals surface area contributed by atoms with E-state index in [0.717, 1.165) is 29.4 Å². The number of aromatic nitrogens is 2. The van der Waals surface area contributed by atoms with Crippen LogP contribution in [0.5, 0.6) is 0 Å². The fourth-order valence-electron chi connectivity index (χ4n) is 2.96. The summed E-state index contributed by atoms with van der Waals surface area (Å²) in [6.07, 6.45) is 3.44. The van der Waals surface area contributed by atoms with E-state index in [-0.39, 0.29) is 12.5 Å². The Kier molecular flexibility index (Phi) is 5.11. The molecule has 1 fully saturated rings. The van der Waals surface area contributed by atoms with E-state index in [2.05, 4.69) is 20.2 Å². The number of amides is 1. The summed E-state index contributed by atoms with van der Waals surface area (Å²) in [6, 6.07) is 5.80. The zero-order valence-corrected chi connectivity index (χ0v) is 14.6. The van der Waals surface area contributed by atoms with Crippen molar-refractivity contribution >= 4 is 23.1 Å². The fraction of sp³-hybridized carbons (Fsp3) is 0.471. The summed E-state index contributed by atoms with van der Waals surface area (Å²) in [4.78, 5) is 23.5. The molecule has 6 nitrogen and oxygen atoms in total. The molecule has 1 atom stereocenters. The predicted molar refractivity (Wildman–Crippen MR) is 94.2 cm³/mol. The third kappa shape index (κ3) is 4.30. The minimum Gasteiger partial charge on any atom is -0.386 e. The molecule has 1 aliphatic rings. The number of nitrogens with zero attached hydrogens (tertiary/aromatic N) is 3. The average Bonchev–Trinajstić information content (AvgIpc) is 3.06. The number of thiophene rings is 1. The highest BCUT2D eigenvalue weighted by atomic mass is 32.1. The number of piperidine rings is 1. The van der Waals surface area contributed by atoms with Crippen molar-refractivity contribution in [2.45, 2.75) is 31.8 Å². The van der Waals surface area contributed by atoms with Gasteiger partial charge in [-0.1, -0.05) is 6.07 Å². The Morgan fingerprint density at radius 1 is 1.50 bits per heavy atom. The van der Waals surface area contributed by atoms with Crippen molar-refractivity contribution in [2.75, 3.05) is 24.5 Å². The van der Waals surface area contributed by atoms with Gasteiger partial charge >= 0.3 is 0 Å². The molecule has 3 rings (SSSR count). The lowest BCUT2D eigenvalue weighted by atomic mass is 9.92. The lowest BCUT2D eigenvalue weighted by Crippen LogP contribution is -2.54. The first kappa shape index (κ1) is 16.9. The third-order valence-electron chi connectivity index (χ3n) is 4.20. The zero-order chi connectivity index (χ0) is 17.0. The second-order valence-electron chi connectivity index (χ2n) is 6.30. The van der Waals surface area contributed by atoms with Gasteiger partial charge in [0.1, 0.15) is 12.1 Å². The number of hydrogen-bond donors (Lipinski definition) is 2. The van der Waals surface area contributed by atoms with Crippen molar-refractivity contribution in [1.29, 1.82) is 0 Å². The Morgan fingerprint density at radius 3 is 3.12 bits per heavy atom. The molecule has 7 heteroatoms. The molecule has 0 unspecified atom stereocenters. The van der Waals surface area contributed by atoms with Gasteiger partial charge in [0.05, 0.1) is 12.0 Å². The molecule has 0 aliphatic carbocycles. The molecule has 2 aromatic rings. The summed E-state index contributed by atoms with van der Waals surface area (Å²) in [5.74, 6) is 0.770. The van der Waals surface area contributed by atoms with E-state index in [9.17, 15) is 9.90 Å². The number of aryl methyl sites for hydroxylation is 1. The Bertz CT molecular complexity index is 692. The molecule has 0 radical (unpaired) electrons. The Hall–Kier alpha value is -1.99. The molecule has 0 spiro atoms. The minimum absolute atomic E-state index is 0.0547. The van der Waals surface area contributed by atoms with Gasteiger partial charge in [0.25, 0.3) is 0 Å². The number of carbonyl (C=O) groups is 1. The standard InChI is InChI=1S/C17H22N4O2S/c1-13-8-15(20-12-19-13)21-6-3-5-17(23,11-21)10-18-16(22)9-14-4-2-7-24-14/h2,4,7-8,12,23H,3,5-6,9-11H2,1H3,(H,18,22)/t17-/m0/s1. The normalized spacial score (nSPS) is 20.8. The van der Waals surface area contributed by atoms with E-state index >= 15 is 0 Å². The van der Waals surface area contributed by atoms with Crippen LogP contribution in [0.25, 0.3) is 0 Å². The maximum absolute atomic E-state index is 12.0. The molecule has 0 bridgehead atoms. The summed E-state index contributed by atoms with van der Waals surface area (Å²) in [6.45, 7) is 3.49. The molecule has 24 heavy (non-hydrogen) atoms. The van der Waals surface area contributed by atoms with Gasteiger partial charge in [0.2, 0.25) is 5.91 Å². The molecule has 0 aromatic carbocycles. The highest BCUT2D eigenvalue weighted by Gasteiger charge is 2.34. The van der Waals surface area contributed by atoms with Gasteiger partial charge in [0, 0.05) is 36.3 Å². The lowest BCUT2D eigenvalue weighted by molar-refractivity contribution is -0.121. The molecule has 1 aliphatic heterocycles. The van der Waals surface area contributed by atoms with Crippen LogP contribution in [0.4, 0.5) is 5.82 Å². The van der Waals surface area contributed by atoms with E-state index in [1.54, 1.807) is 17.7 Å². The molecule has 0 saturated carbocycles. The van der Waals surface area contributed by atoms with E-state index in [1.165, 1.54) is 0 Å². The topological polar surface area (TPSA) is 78.4 Å². The second-order valence-corrected chi connectivity index (χ2v) is 7.33. The van der Waals surface area contributed by atoms with Crippen LogP contribution >= 0.6 is 11.3 Å². The van der Waals surface area contributed by atoms with Crippen LogP contribution in [0.2, 0.25) is 0 Å². The van der Waals surface area contributed by atoms with E-state index in [1.807, 2.05) is 30.5 Å². The van der Waals surface area contributed by atoms with Crippen molar-refractivity contribution in [1.82, 2.24) is 15.3 Å². The first-order valence-electron chi connectivity index (χ1n) is 8.09. The smallest absolute Gasteiger partial charge is 0.225 e. The van der Waals surface area contributed by atoms with Gasteiger partial charge in [-0.15, -0.1) is 11.3 Å². The largest absolute Gasteiger partial charge is 0.386 e. The van der Waals surface area contributed by atoms with Crippen molar-refractivity contribution in [3.05, 3.63) is 40.5 Å². The van der Waals surface area contributed by atoms with Gasteiger partial charge in [-0.2, -0.15) is 0 Å². The molecule has 1 amide bonds. The molecular formula is C17H22N4O2S. The van der Waals surface area contributed by atoms with E-state index in [0.29, 0.717) is 19.4 Å². The lowest BCUT2D eigenvalue weighted by Gasteiger charge is -2.39. The molecule has 3 heterocycles. The monoisotopic (exact) mass is 346 g/mol. The number of rotatable bonds is 5. The molecular weight excluding hydrogens is 324 g/mol. The quantitative estimate of drug-likeness (QED) is 0.859. The van der Waals surface area contributed by atoms with Crippen molar-refractivity contribution in [2.24, 2.45) is 0 Å². The van der Waals surface area contributed by atoms with Gasteiger partial charge in [0.15, 0.2) is 0 Å². The number of aliphatic hydroxyl groups is 1. The average molecular weight is 346 g/mol. The van der Waals surface area contributed by atoms with Crippen LogP contribution < -0.4 is 10.2 Å². The SMILES string of the molecule is Cc1cc(N2CCC[C@](O)(CNC(=O)Cc3cccs3)C2)ncn1. The third-order valence-corrected chi connectivity index (χ3v) is 5.07. The van der Waals surface area contributed by atoms with Crippen molar-refractivity contribution in [3.63, 3.8) is 0 Å². The minimum atomic E-state index is -0.928. The summed E-state index contributed by atoms with van der Waals surface area (Å²) >= 11 is 1.57. The maximum atomic E-state index is 12.0. The first-order valence-corrected chi connectivity index (χ1v) is 8.97. The zero-order valence-electron chi connectivity index (χ0n) is 13.7. The van der Waals surface area contributed by atoms with Gasteiger partial charge in [-0.05, 0) is 31.2 Å². The highest BCUT2D eigenvalue weighted by Crippen LogP contribution is 2.24. The van der Waals surface area contributed by atoms with Crippen molar-refractivity contribution < 1.29 is 9.90 Å². The molecule has 2 aromatic heterocycles. The van der Waals surface area contributed by atoms with Crippen LogP contribution in [-0.4, -0.2) is 46.2 Å². The summed E-state index contributed by atoms with van der Waals surface area (Å²) in [5.41, 5.74) is -0.0271. The summed E-state index contributed by atoms with van der Waals surface area (Å²) < 4.78 is 0. The highest BCUT2D eigenvalue weighted by molar-refractivity contribution is 7.10. The Morgan fingerprint density at radius 2 is 2.38 bits per heavy atom. The second kappa shape index (κ2) is 7.27. The van der Waals surface area contributed by atoms with Gasteiger partial charge in [-0.25, -0.2) is 9.97 Å². The maximum Gasteiger partial charge on any atom is 0.225 e. The van der Waals surface area contributed by atoms with E-state index < -0.39 is 5.60 Å². The summed E-state index contributed by atoms with van der Waals surface area (Å²) in [7, 11) is 0. The molecule has 2 N–H and O–H groups in total. The van der Waals surface area contributed by atoms with Crippen LogP contribution in [0.1, 0.15) is 23.4 Å². The molecule has 128 valence electrons. The van der Waals surface area contributed by atoms with Crippen LogP contribution in [-0.2, 0) is 11.2 Å².